The molecule has 0 aliphatic rings. The molecule has 11 heteroatoms. The first-order valence-corrected chi connectivity index (χ1v) is 9.09. The molecule has 0 unspecified atom stereocenters. The Balaban J connectivity index is 1.96. The first-order chi connectivity index (χ1) is 11.3. The van der Waals surface area contributed by atoms with Gasteiger partial charge in [0.25, 0.3) is 5.89 Å². The summed E-state index contributed by atoms with van der Waals surface area (Å²) >= 11 is 9.22. The number of hydrogen-bond acceptors (Lipinski definition) is 6. The number of hydrogen-bond donors (Lipinski definition) is 2. The lowest BCUT2D eigenvalue weighted by Gasteiger charge is -2.08. The molecule has 24 heavy (non-hydrogen) atoms. The maximum Gasteiger partial charge on any atom is 0.469 e. The Morgan fingerprint density at radius 2 is 2.12 bits per heavy atom. The largest absolute Gasteiger partial charge is 0.469 e. The molecule has 0 atom stereocenters. The van der Waals surface area contributed by atoms with Gasteiger partial charge in [0.15, 0.2) is 0 Å². The Morgan fingerprint density at radius 3 is 2.79 bits per heavy atom. The predicted octanol–water partition coefficient (Wildman–Crippen LogP) is 4.02. The topological polar surface area (TPSA) is 119 Å². The molecule has 126 valence electrons. The van der Waals surface area contributed by atoms with Crippen molar-refractivity contribution in [3.8, 4) is 23.0 Å². The van der Waals surface area contributed by atoms with E-state index in [9.17, 15) is 4.57 Å². The van der Waals surface area contributed by atoms with Crippen molar-refractivity contribution in [3.05, 3.63) is 45.6 Å². The fraction of sp³-hybridized carbons (Fsp3) is 0.0769. The average molecular weight is 436 g/mol. The van der Waals surface area contributed by atoms with Gasteiger partial charge in [-0.15, -0.1) is 0 Å². The van der Waals surface area contributed by atoms with E-state index in [1.165, 1.54) is 12.3 Å². The zero-order valence-electron chi connectivity index (χ0n) is 11.7. The smallest absolute Gasteiger partial charge is 0.458 e. The van der Waals surface area contributed by atoms with Gasteiger partial charge in [-0.05, 0) is 45.8 Å². The van der Waals surface area contributed by atoms with Gasteiger partial charge in [-0.1, -0.05) is 16.8 Å². The lowest BCUT2D eigenvalue weighted by atomic mass is 10.1. The molecule has 0 radical (unpaired) electrons. The highest BCUT2D eigenvalue weighted by Gasteiger charge is 2.20. The van der Waals surface area contributed by atoms with Crippen molar-refractivity contribution >= 4 is 35.4 Å². The maximum atomic E-state index is 10.9. The maximum absolute atomic E-state index is 10.9. The van der Waals surface area contributed by atoms with Crippen molar-refractivity contribution in [2.24, 2.45) is 0 Å². The van der Waals surface area contributed by atoms with Crippen LogP contribution < -0.4 is 0 Å². The van der Waals surface area contributed by atoms with E-state index >= 15 is 0 Å². The average Bonchev–Trinajstić information content (AvgIpc) is 3.13. The summed E-state index contributed by atoms with van der Waals surface area (Å²) in [7, 11) is -4.63. The molecule has 0 fully saturated rings. The number of rotatable bonds is 5. The lowest BCUT2D eigenvalue weighted by Crippen LogP contribution is -1.95. The van der Waals surface area contributed by atoms with E-state index in [4.69, 9.17) is 30.3 Å². The van der Waals surface area contributed by atoms with Gasteiger partial charge in [0, 0.05) is 10.6 Å². The molecule has 3 rings (SSSR count). The van der Waals surface area contributed by atoms with Crippen LogP contribution in [0, 0.1) is 0 Å². The molecule has 0 aliphatic carbocycles. The molecule has 3 aromatic rings. The number of benzene rings is 1. The van der Waals surface area contributed by atoms with Crippen molar-refractivity contribution in [3.63, 3.8) is 0 Å². The van der Waals surface area contributed by atoms with Crippen LogP contribution in [-0.4, -0.2) is 19.9 Å². The lowest BCUT2D eigenvalue weighted by molar-refractivity contribution is 0.189. The quantitative estimate of drug-likeness (QED) is 0.577. The van der Waals surface area contributed by atoms with E-state index in [1.807, 2.05) is 0 Å². The number of aromatic nitrogens is 2. The van der Waals surface area contributed by atoms with Crippen molar-refractivity contribution in [1.29, 1.82) is 0 Å². The Bertz CT molecular complexity index is 921. The predicted molar refractivity (Wildman–Crippen MR) is 87.0 cm³/mol. The molecule has 0 bridgehead atoms. The molecular formula is C13H9BrClN2O6P. The molecule has 1 aromatic carbocycles. The Kier molecular flexibility index (Phi) is 4.91. The molecule has 8 nitrogen and oxygen atoms in total. The molecule has 2 aromatic heterocycles. The SMILES string of the molecule is O=P(O)(O)OCc1cc(Cl)ccc1-c1noc(-c2occc2Br)n1. The van der Waals surface area contributed by atoms with Gasteiger partial charge in [-0.3, -0.25) is 4.52 Å². The van der Waals surface area contributed by atoms with Crippen LogP contribution in [0.1, 0.15) is 5.56 Å². The summed E-state index contributed by atoms with van der Waals surface area (Å²) < 4.78 is 26.5. The number of phosphoric acid groups is 1. The summed E-state index contributed by atoms with van der Waals surface area (Å²) in [6.07, 6.45) is 1.46. The summed E-state index contributed by atoms with van der Waals surface area (Å²) in [5, 5.41) is 4.23. The third-order valence-electron chi connectivity index (χ3n) is 2.93. The molecule has 2 heterocycles. The van der Waals surface area contributed by atoms with E-state index in [-0.39, 0.29) is 18.3 Å². The summed E-state index contributed by atoms with van der Waals surface area (Å²) in [6, 6.07) is 6.38. The highest BCUT2D eigenvalue weighted by Crippen LogP contribution is 2.38. The second-order valence-electron chi connectivity index (χ2n) is 4.59. The van der Waals surface area contributed by atoms with Gasteiger partial charge in [-0.2, -0.15) is 4.98 Å². The number of nitrogens with zero attached hydrogens (tertiary/aromatic N) is 2. The van der Waals surface area contributed by atoms with E-state index in [0.717, 1.165) is 0 Å². The van der Waals surface area contributed by atoms with Gasteiger partial charge in [0.2, 0.25) is 11.6 Å². The second-order valence-corrected chi connectivity index (χ2v) is 7.12. The zero-order valence-corrected chi connectivity index (χ0v) is 15.0. The van der Waals surface area contributed by atoms with Crippen LogP contribution in [0.3, 0.4) is 0 Å². The van der Waals surface area contributed by atoms with E-state index in [2.05, 4.69) is 30.6 Å². The Morgan fingerprint density at radius 1 is 1.33 bits per heavy atom. The molecule has 0 saturated heterocycles. The molecule has 0 amide bonds. The third kappa shape index (κ3) is 3.94. The minimum absolute atomic E-state index is 0.152. The van der Waals surface area contributed by atoms with Gasteiger partial charge in [-0.25, -0.2) is 4.57 Å². The number of furan rings is 1. The Hall–Kier alpha value is -1.48. The van der Waals surface area contributed by atoms with Crippen LogP contribution in [-0.2, 0) is 15.7 Å². The fourth-order valence-electron chi connectivity index (χ4n) is 1.92. The van der Waals surface area contributed by atoms with Crippen LogP contribution in [0.15, 0.2) is 43.9 Å². The summed E-state index contributed by atoms with van der Waals surface area (Å²) in [5.74, 6) is 0.726. The number of phosphoric ester groups is 1. The summed E-state index contributed by atoms with van der Waals surface area (Å²) in [6.45, 7) is -0.367. The monoisotopic (exact) mass is 434 g/mol. The van der Waals surface area contributed by atoms with Crippen LogP contribution in [0.2, 0.25) is 5.02 Å². The standard InChI is InChI=1S/C13H9BrClN2O6P/c14-10-3-4-21-11(10)13-16-12(17-23-13)9-2-1-8(15)5-7(9)6-22-24(18,19)20/h1-5H,6H2,(H2,18,19,20). The second kappa shape index (κ2) is 6.79. The number of halogens is 2. The van der Waals surface area contributed by atoms with Crippen molar-refractivity contribution in [1.82, 2.24) is 10.1 Å². The van der Waals surface area contributed by atoms with E-state index in [1.54, 1.807) is 18.2 Å². The third-order valence-corrected chi connectivity index (χ3v) is 4.26. The normalized spacial score (nSPS) is 11.8. The first-order valence-electron chi connectivity index (χ1n) is 6.39. The van der Waals surface area contributed by atoms with Crippen LogP contribution in [0.4, 0.5) is 0 Å². The fourth-order valence-corrected chi connectivity index (χ4v) is 2.80. The minimum atomic E-state index is -4.63. The minimum Gasteiger partial charge on any atom is -0.458 e. The molecule has 2 N–H and O–H groups in total. The molecular weight excluding hydrogens is 426 g/mol. The van der Waals surface area contributed by atoms with Crippen LogP contribution in [0.5, 0.6) is 0 Å². The van der Waals surface area contributed by atoms with E-state index in [0.29, 0.717) is 26.4 Å². The highest BCUT2D eigenvalue weighted by atomic mass is 79.9. The van der Waals surface area contributed by atoms with Crippen LogP contribution >= 0.6 is 35.4 Å². The molecule has 0 saturated carbocycles. The van der Waals surface area contributed by atoms with Gasteiger partial charge < -0.3 is 18.7 Å². The molecule has 0 spiro atoms. The summed E-state index contributed by atoms with van der Waals surface area (Å²) in [4.78, 5) is 21.9. The van der Waals surface area contributed by atoms with Gasteiger partial charge >= 0.3 is 7.82 Å². The van der Waals surface area contributed by atoms with Crippen molar-refractivity contribution in [2.75, 3.05) is 0 Å². The zero-order chi connectivity index (χ0) is 17.3. The van der Waals surface area contributed by atoms with Gasteiger partial charge in [0.05, 0.1) is 17.3 Å². The summed E-state index contributed by atoms with van der Waals surface area (Å²) in [5.41, 5.74) is 0.863. The van der Waals surface area contributed by atoms with Crippen molar-refractivity contribution < 1.29 is 27.8 Å². The van der Waals surface area contributed by atoms with Crippen LogP contribution in [0.25, 0.3) is 23.0 Å². The highest BCUT2D eigenvalue weighted by molar-refractivity contribution is 9.10. The first kappa shape index (κ1) is 17.3. The van der Waals surface area contributed by atoms with E-state index < -0.39 is 7.82 Å². The van der Waals surface area contributed by atoms with Gasteiger partial charge in [0.1, 0.15) is 0 Å². The van der Waals surface area contributed by atoms with Crippen molar-refractivity contribution in [2.45, 2.75) is 6.61 Å². The molecule has 0 aliphatic heterocycles. The Labute approximate surface area is 148 Å².